The van der Waals surface area contributed by atoms with Crippen molar-refractivity contribution in [1.82, 2.24) is 9.80 Å². The second-order valence-corrected chi connectivity index (χ2v) is 14.8. The van der Waals surface area contributed by atoms with Crippen LogP contribution in [0.25, 0.3) is 32.0 Å². The zero-order chi connectivity index (χ0) is 27.8. The van der Waals surface area contributed by atoms with Crippen molar-refractivity contribution in [2.24, 2.45) is 0 Å². The quantitative estimate of drug-likeness (QED) is 0.205. The van der Waals surface area contributed by atoms with Gasteiger partial charge < -0.3 is 0 Å². The van der Waals surface area contributed by atoms with Gasteiger partial charge in [0.2, 0.25) is 0 Å². The monoisotopic (exact) mass is 578 g/mol. The molecule has 2 aromatic heterocycles. The maximum absolute atomic E-state index is 2.58. The topological polar surface area (TPSA) is 6.48 Å². The Balaban J connectivity index is 1.12. The van der Waals surface area contributed by atoms with Crippen molar-refractivity contribution in [1.29, 1.82) is 0 Å². The van der Waals surface area contributed by atoms with Gasteiger partial charge in [0, 0.05) is 32.6 Å². The molecule has 0 radical (unpaired) electrons. The number of allylic oxidation sites excluding steroid dienone is 2. The Labute approximate surface area is 254 Å². The number of likely N-dealkylation sites (tertiary alicyclic amines) is 2. The molecule has 2 aromatic carbocycles. The SMILES string of the molecule is Cc1sc(-c2ccc(CN3CCCC3)cc2)cc1C1=C(c2cc(-c3ccc(CN4CCCC4)cc3)sc2C)CCC1. The van der Waals surface area contributed by atoms with Crippen molar-refractivity contribution in [2.45, 2.75) is 71.9 Å². The van der Waals surface area contributed by atoms with E-state index < -0.39 is 0 Å². The fraction of sp³-hybridized carbons (Fsp3) is 0.405. The fourth-order valence-corrected chi connectivity index (χ4v) is 9.24. The summed E-state index contributed by atoms with van der Waals surface area (Å²) in [6.07, 6.45) is 9.05. The van der Waals surface area contributed by atoms with Crippen LogP contribution < -0.4 is 0 Å². The molecule has 1 aliphatic carbocycles. The largest absolute Gasteiger partial charge is 0.299 e. The van der Waals surface area contributed by atoms with Crippen LogP contribution in [0.3, 0.4) is 0 Å². The average molecular weight is 579 g/mol. The first-order valence-corrected chi connectivity index (χ1v) is 17.3. The highest BCUT2D eigenvalue weighted by Crippen LogP contribution is 2.47. The van der Waals surface area contributed by atoms with Crippen LogP contribution in [0.2, 0.25) is 0 Å². The van der Waals surface area contributed by atoms with Crippen LogP contribution in [0.15, 0.2) is 60.7 Å². The van der Waals surface area contributed by atoms with Crippen molar-refractivity contribution >= 4 is 33.8 Å². The molecule has 0 atom stereocenters. The predicted octanol–water partition coefficient (Wildman–Crippen LogP) is 10.0. The van der Waals surface area contributed by atoms with E-state index in [-0.39, 0.29) is 0 Å². The first kappa shape index (κ1) is 27.3. The molecule has 2 saturated heterocycles. The fourth-order valence-electron chi connectivity index (χ4n) is 7.13. The number of benzene rings is 2. The molecule has 41 heavy (non-hydrogen) atoms. The molecule has 7 rings (SSSR count). The number of nitrogens with zero attached hydrogens (tertiary/aromatic N) is 2. The number of hydrogen-bond donors (Lipinski definition) is 0. The maximum Gasteiger partial charge on any atom is 0.0351 e. The summed E-state index contributed by atoms with van der Waals surface area (Å²) in [7, 11) is 0. The van der Waals surface area contributed by atoms with Gasteiger partial charge in [0.25, 0.3) is 0 Å². The van der Waals surface area contributed by atoms with E-state index in [0.717, 1.165) is 13.1 Å². The van der Waals surface area contributed by atoms with E-state index in [0.29, 0.717) is 0 Å². The van der Waals surface area contributed by atoms with Gasteiger partial charge in [0.15, 0.2) is 0 Å². The first-order valence-electron chi connectivity index (χ1n) is 15.7. The van der Waals surface area contributed by atoms with E-state index in [1.54, 1.807) is 11.1 Å². The summed E-state index contributed by atoms with van der Waals surface area (Å²) in [6, 6.07) is 23.7. The van der Waals surface area contributed by atoms with Crippen molar-refractivity contribution in [2.75, 3.05) is 26.2 Å². The van der Waals surface area contributed by atoms with Gasteiger partial charge in [0.1, 0.15) is 0 Å². The van der Waals surface area contributed by atoms with Gasteiger partial charge in [-0.25, -0.2) is 0 Å². The molecule has 0 unspecified atom stereocenters. The zero-order valence-corrected chi connectivity index (χ0v) is 26.3. The average Bonchev–Trinajstić information content (AvgIpc) is 3.81. The smallest absolute Gasteiger partial charge is 0.0351 e. The highest BCUT2D eigenvalue weighted by molar-refractivity contribution is 7.16. The van der Waals surface area contributed by atoms with Gasteiger partial charge >= 0.3 is 0 Å². The maximum atomic E-state index is 2.58. The number of thiophene rings is 2. The molecule has 0 bridgehead atoms. The Bertz CT molecular complexity index is 1410. The van der Waals surface area contributed by atoms with Crippen molar-refractivity contribution in [3.63, 3.8) is 0 Å². The lowest BCUT2D eigenvalue weighted by Gasteiger charge is -2.14. The van der Waals surface area contributed by atoms with Crippen molar-refractivity contribution in [3.05, 3.63) is 92.7 Å². The summed E-state index contributed by atoms with van der Waals surface area (Å²) in [6.45, 7) is 11.8. The highest BCUT2D eigenvalue weighted by atomic mass is 32.1. The predicted molar refractivity (Wildman–Crippen MR) is 179 cm³/mol. The first-order chi connectivity index (χ1) is 20.1. The van der Waals surface area contributed by atoms with Crippen LogP contribution >= 0.6 is 22.7 Å². The Morgan fingerprint density at radius 3 is 1.32 bits per heavy atom. The molecule has 2 nitrogen and oxygen atoms in total. The van der Waals surface area contributed by atoms with E-state index >= 15 is 0 Å². The third-order valence-corrected chi connectivity index (χ3v) is 11.6. The van der Waals surface area contributed by atoms with Gasteiger partial charge in [-0.1, -0.05) is 48.5 Å². The van der Waals surface area contributed by atoms with Crippen molar-refractivity contribution < 1.29 is 0 Å². The number of hydrogen-bond acceptors (Lipinski definition) is 4. The Morgan fingerprint density at radius 2 is 0.927 bits per heavy atom. The van der Waals surface area contributed by atoms with Gasteiger partial charge in [0.05, 0.1) is 0 Å². The molecular weight excluding hydrogens is 537 g/mol. The van der Waals surface area contributed by atoms with E-state index in [4.69, 9.17) is 0 Å². The Hall–Kier alpha value is -2.50. The molecule has 4 heteroatoms. The highest BCUT2D eigenvalue weighted by Gasteiger charge is 2.24. The van der Waals surface area contributed by atoms with Gasteiger partial charge in [-0.3, -0.25) is 9.80 Å². The zero-order valence-electron chi connectivity index (χ0n) is 24.7. The molecule has 0 amide bonds. The van der Waals surface area contributed by atoms with E-state index in [1.807, 2.05) is 22.7 Å². The van der Waals surface area contributed by atoms with Gasteiger partial charge in [-0.15, -0.1) is 22.7 Å². The number of aryl methyl sites for hydroxylation is 2. The van der Waals surface area contributed by atoms with Crippen LogP contribution in [0, 0.1) is 13.8 Å². The molecule has 0 spiro atoms. The minimum absolute atomic E-state index is 1.09. The van der Waals surface area contributed by atoms with Crippen molar-refractivity contribution in [3.8, 4) is 20.9 Å². The molecule has 3 aliphatic rings. The standard InChI is InChI=1S/C37H42N2S2/c1-26-34(22-36(40-26)30-14-10-28(11-15-30)24-38-18-3-4-19-38)32-8-7-9-33(32)35-23-37(41-27(35)2)31-16-12-29(13-17-31)25-39-20-5-6-21-39/h10-17,22-23H,3-9,18-21,24-25H2,1-2H3. The minimum atomic E-state index is 1.09. The molecule has 4 heterocycles. The lowest BCUT2D eigenvalue weighted by Crippen LogP contribution is -2.18. The summed E-state index contributed by atoms with van der Waals surface area (Å²) >= 11 is 3.93. The lowest BCUT2D eigenvalue weighted by atomic mass is 9.96. The normalized spacial score (nSPS) is 18.3. The van der Waals surface area contributed by atoms with E-state index in [9.17, 15) is 0 Å². The third kappa shape index (κ3) is 5.90. The number of rotatable bonds is 8. The summed E-state index contributed by atoms with van der Waals surface area (Å²) in [4.78, 5) is 10.9. The van der Waals surface area contributed by atoms with Gasteiger partial charge in [-0.2, -0.15) is 0 Å². The minimum Gasteiger partial charge on any atom is -0.299 e. The van der Waals surface area contributed by atoms with Crippen LogP contribution in [-0.2, 0) is 13.1 Å². The van der Waals surface area contributed by atoms with Crippen LogP contribution in [0.5, 0.6) is 0 Å². The van der Waals surface area contributed by atoms with E-state index in [2.05, 4.69) is 84.3 Å². The summed E-state index contributed by atoms with van der Waals surface area (Å²) < 4.78 is 0. The summed E-state index contributed by atoms with van der Waals surface area (Å²) in [5.74, 6) is 0. The Morgan fingerprint density at radius 1 is 0.537 bits per heavy atom. The molecule has 212 valence electrons. The lowest BCUT2D eigenvalue weighted by molar-refractivity contribution is 0.331. The molecule has 0 saturated carbocycles. The summed E-state index contributed by atoms with van der Waals surface area (Å²) in [5, 5.41) is 0. The van der Waals surface area contributed by atoms with E-state index in [1.165, 1.54) is 124 Å². The molecule has 2 fully saturated rings. The molecule has 2 aliphatic heterocycles. The molecule has 4 aromatic rings. The third-order valence-electron chi connectivity index (χ3n) is 9.39. The Kier molecular flexibility index (Phi) is 8.01. The van der Waals surface area contributed by atoms with Crippen LogP contribution in [0.4, 0.5) is 0 Å². The second kappa shape index (κ2) is 12.0. The molecular formula is C37H42N2S2. The van der Waals surface area contributed by atoms with Crippen LogP contribution in [-0.4, -0.2) is 36.0 Å². The van der Waals surface area contributed by atoms with Crippen LogP contribution in [0.1, 0.15) is 77.0 Å². The van der Waals surface area contributed by atoms with Gasteiger partial charge in [-0.05, 0) is 142 Å². The molecule has 0 N–H and O–H groups in total. The summed E-state index contributed by atoms with van der Waals surface area (Å²) in [5.41, 5.74) is 11.7. The second-order valence-electron chi connectivity index (χ2n) is 12.3.